The van der Waals surface area contributed by atoms with Gasteiger partial charge >= 0.3 is 0 Å². The zero-order valence-corrected chi connectivity index (χ0v) is 34.9. The van der Waals surface area contributed by atoms with Gasteiger partial charge in [0, 0.05) is 27.2 Å². The van der Waals surface area contributed by atoms with E-state index in [1.807, 2.05) is 0 Å². The van der Waals surface area contributed by atoms with Crippen molar-refractivity contribution < 1.29 is 4.42 Å². The average Bonchev–Trinajstić information content (AvgIpc) is 3.77. The van der Waals surface area contributed by atoms with E-state index < -0.39 is 0 Å². The molecule has 2 heteroatoms. The van der Waals surface area contributed by atoms with Crippen LogP contribution in [0.15, 0.2) is 241 Å². The normalized spacial score (nSPS) is 11.8. The molecule has 0 aliphatic rings. The largest absolute Gasteiger partial charge is 0.453 e. The Hall–Kier alpha value is -8.46. The number of para-hydroxylation sites is 1. The molecule has 13 aromatic rings. The lowest BCUT2D eigenvalue weighted by Gasteiger charge is -2.28. The van der Waals surface area contributed by atoms with Crippen molar-refractivity contribution in [2.24, 2.45) is 0 Å². The molecule has 64 heavy (non-hydrogen) atoms. The van der Waals surface area contributed by atoms with E-state index in [0.29, 0.717) is 0 Å². The second-order valence-corrected chi connectivity index (χ2v) is 16.8. The summed E-state index contributed by atoms with van der Waals surface area (Å²) in [6.07, 6.45) is 0. The SMILES string of the molecule is c1ccc(-c2c(-c3ccccc3)c3cc(-c4ccc(N(c5cc6ccccc6c6ccccc56)c5cccc6c5oc5c7ccccc7ccc65)cc4)ccc3c3ccccc23)cc1. The lowest BCUT2D eigenvalue weighted by Crippen LogP contribution is -2.11. The van der Waals surface area contributed by atoms with E-state index in [1.165, 1.54) is 70.9 Å². The maximum atomic E-state index is 7.03. The number of rotatable bonds is 6. The quantitative estimate of drug-likeness (QED) is 0.156. The van der Waals surface area contributed by atoms with Gasteiger partial charge in [-0.3, -0.25) is 0 Å². The predicted octanol–water partition coefficient (Wildman–Crippen LogP) is 17.8. The van der Waals surface area contributed by atoms with Crippen molar-refractivity contribution in [3.8, 4) is 33.4 Å². The topological polar surface area (TPSA) is 16.4 Å². The maximum absolute atomic E-state index is 7.03. The fraction of sp³-hybridized carbons (Fsp3) is 0. The third-order valence-corrected chi connectivity index (χ3v) is 13.2. The molecule has 0 atom stereocenters. The van der Waals surface area contributed by atoms with Crippen LogP contribution in [0.3, 0.4) is 0 Å². The first-order valence-corrected chi connectivity index (χ1v) is 22.0. The molecule has 0 bridgehead atoms. The first kappa shape index (κ1) is 36.2. The summed E-state index contributed by atoms with van der Waals surface area (Å²) in [5.74, 6) is 0. The van der Waals surface area contributed by atoms with Gasteiger partial charge in [-0.1, -0.05) is 200 Å². The molecule has 0 unspecified atom stereocenters. The number of hydrogen-bond donors (Lipinski definition) is 0. The minimum atomic E-state index is 0.861. The molecule has 0 radical (unpaired) electrons. The highest BCUT2D eigenvalue weighted by Gasteiger charge is 2.23. The molecule has 0 saturated heterocycles. The highest BCUT2D eigenvalue weighted by Crippen LogP contribution is 2.48. The summed E-state index contributed by atoms with van der Waals surface area (Å²) in [5, 5.41) is 14.3. The van der Waals surface area contributed by atoms with Crippen molar-refractivity contribution in [1.29, 1.82) is 0 Å². The smallest absolute Gasteiger partial charge is 0.159 e. The molecule has 12 aromatic carbocycles. The Kier molecular flexibility index (Phi) is 8.25. The van der Waals surface area contributed by atoms with Crippen LogP contribution in [0.2, 0.25) is 0 Å². The van der Waals surface area contributed by atoms with Crippen molar-refractivity contribution in [2.75, 3.05) is 4.90 Å². The van der Waals surface area contributed by atoms with Gasteiger partial charge in [0.25, 0.3) is 0 Å². The van der Waals surface area contributed by atoms with Gasteiger partial charge in [-0.2, -0.15) is 0 Å². The number of furan rings is 1. The Balaban J connectivity index is 1.03. The molecule has 0 aliphatic carbocycles. The van der Waals surface area contributed by atoms with Crippen LogP contribution in [0.25, 0.3) is 109 Å². The summed E-state index contributed by atoms with van der Waals surface area (Å²) in [7, 11) is 0. The number of anilines is 3. The third kappa shape index (κ3) is 5.66. The fourth-order valence-corrected chi connectivity index (χ4v) is 10.3. The highest BCUT2D eigenvalue weighted by atomic mass is 16.3. The van der Waals surface area contributed by atoms with Crippen molar-refractivity contribution in [3.63, 3.8) is 0 Å². The van der Waals surface area contributed by atoms with E-state index in [-0.39, 0.29) is 0 Å². The van der Waals surface area contributed by atoms with Crippen LogP contribution in [0.4, 0.5) is 17.1 Å². The van der Waals surface area contributed by atoms with E-state index in [2.05, 4.69) is 241 Å². The van der Waals surface area contributed by atoms with Crippen LogP contribution in [-0.4, -0.2) is 0 Å². The minimum absolute atomic E-state index is 0.861. The van der Waals surface area contributed by atoms with Crippen LogP contribution in [0, 0.1) is 0 Å². The van der Waals surface area contributed by atoms with E-state index in [1.54, 1.807) is 0 Å². The van der Waals surface area contributed by atoms with Crippen molar-refractivity contribution in [2.45, 2.75) is 0 Å². The Bertz CT molecular complexity index is 3940. The molecule has 13 rings (SSSR count). The van der Waals surface area contributed by atoms with Crippen LogP contribution >= 0.6 is 0 Å². The van der Waals surface area contributed by atoms with E-state index in [9.17, 15) is 0 Å². The molecule has 0 saturated carbocycles. The van der Waals surface area contributed by atoms with Crippen LogP contribution < -0.4 is 4.90 Å². The first-order valence-electron chi connectivity index (χ1n) is 22.0. The molecule has 1 aromatic heterocycles. The summed E-state index contributed by atoms with van der Waals surface area (Å²) in [4.78, 5) is 2.40. The lowest BCUT2D eigenvalue weighted by molar-refractivity contribution is 0.673. The predicted molar refractivity (Wildman–Crippen MR) is 272 cm³/mol. The number of nitrogens with zero attached hydrogens (tertiary/aromatic N) is 1. The van der Waals surface area contributed by atoms with Gasteiger partial charge in [-0.05, 0) is 113 Å². The van der Waals surface area contributed by atoms with Crippen LogP contribution in [0.1, 0.15) is 0 Å². The lowest BCUT2D eigenvalue weighted by atomic mass is 9.84. The second-order valence-electron chi connectivity index (χ2n) is 16.8. The van der Waals surface area contributed by atoms with Gasteiger partial charge < -0.3 is 9.32 Å². The monoisotopic (exact) mass is 813 g/mol. The molecule has 1 heterocycles. The highest BCUT2D eigenvalue weighted by molar-refractivity contribution is 6.23. The molecular formula is C62H39NO. The van der Waals surface area contributed by atoms with Crippen molar-refractivity contribution in [1.82, 2.24) is 0 Å². The van der Waals surface area contributed by atoms with Crippen molar-refractivity contribution >= 4 is 92.9 Å². The summed E-state index contributed by atoms with van der Waals surface area (Å²) in [5.41, 5.74) is 12.1. The Morgan fingerprint density at radius 3 is 1.50 bits per heavy atom. The molecule has 0 amide bonds. The third-order valence-electron chi connectivity index (χ3n) is 13.2. The standard InChI is InChI=1S/C62H39NO/c1-3-17-42(18-4-1)59-53-27-14-12-25-50(53)51-36-33-44(38-56(51)60(59)43-19-5-2-6-20-43)40-30-34-46(35-31-40)63(58-39-45-21-8-9-22-47(45)49-24-11-13-26-52(49)58)57-29-15-28-54-55-37-32-41-16-7-10-23-48(41)61(55)64-62(54)57/h1-39H. The number of benzene rings is 12. The Morgan fingerprint density at radius 1 is 0.250 bits per heavy atom. The molecule has 0 spiro atoms. The number of hydrogen-bond acceptors (Lipinski definition) is 2. The minimum Gasteiger partial charge on any atom is -0.453 e. The van der Waals surface area contributed by atoms with Crippen LogP contribution in [-0.2, 0) is 0 Å². The van der Waals surface area contributed by atoms with E-state index in [4.69, 9.17) is 4.42 Å². The summed E-state index contributed by atoms with van der Waals surface area (Å²) in [6, 6.07) is 86.0. The maximum Gasteiger partial charge on any atom is 0.159 e. The molecular weight excluding hydrogens is 775 g/mol. The molecule has 0 N–H and O–H groups in total. The molecule has 0 aliphatic heterocycles. The molecule has 2 nitrogen and oxygen atoms in total. The van der Waals surface area contributed by atoms with Gasteiger partial charge in [0.2, 0.25) is 0 Å². The zero-order chi connectivity index (χ0) is 42.1. The van der Waals surface area contributed by atoms with Gasteiger partial charge in [0.1, 0.15) is 5.58 Å². The second kappa shape index (κ2) is 14.6. The van der Waals surface area contributed by atoms with Gasteiger partial charge in [-0.25, -0.2) is 0 Å². The Morgan fingerprint density at radius 2 is 0.766 bits per heavy atom. The Labute approximate surface area is 370 Å². The fourth-order valence-electron chi connectivity index (χ4n) is 10.3. The summed E-state index contributed by atoms with van der Waals surface area (Å²) in [6.45, 7) is 0. The number of fused-ring (bicyclic) bond motifs is 11. The van der Waals surface area contributed by atoms with Gasteiger partial charge in [-0.15, -0.1) is 0 Å². The van der Waals surface area contributed by atoms with Gasteiger partial charge in [0.05, 0.1) is 11.4 Å². The zero-order valence-electron chi connectivity index (χ0n) is 34.9. The average molecular weight is 814 g/mol. The summed E-state index contributed by atoms with van der Waals surface area (Å²) >= 11 is 0. The summed E-state index contributed by atoms with van der Waals surface area (Å²) < 4.78 is 7.03. The van der Waals surface area contributed by atoms with Crippen LogP contribution in [0.5, 0.6) is 0 Å². The first-order chi connectivity index (χ1) is 31.8. The molecule has 298 valence electrons. The van der Waals surface area contributed by atoms with Gasteiger partial charge in [0.15, 0.2) is 5.58 Å². The van der Waals surface area contributed by atoms with E-state index >= 15 is 0 Å². The molecule has 0 fully saturated rings. The van der Waals surface area contributed by atoms with E-state index in [0.717, 1.165) is 55.3 Å². The van der Waals surface area contributed by atoms with Crippen molar-refractivity contribution in [3.05, 3.63) is 237 Å².